The molecule has 3 N–H and O–H groups in total. The maximum absolute atomic E-state index is 11.5. The zero-order valence-corrected chi connectivity index (χ0v) is 11.0. The van der Waals surface area contributed by atoms with Crippen molar-refractivity contribution in [3.63, 3.8) is 0 Å². The number of amides is 1. The molecule has 0 aromatic heterocycles. The standard InChI is InChI=1S/C13H17NO6/c1-2-19-10-5-3-4-6-11(10)20-8-12(16)14-9(7-15)13(17)18/h3-6,9,15H,2,7-8H2,1H3,(H,14,16)(H,17,18)/t9-/m1/s1. The van der Waals surface area contributed by atoms with E-state index in [0.717, 1.165) is 0 Å². The Balaban J connectivity index is 2.54. The molecule has 0 aliphatic carbocycles. The second kappa shape index (κ2) is 8.00. The van der Waals surface area contributed by atoms with Crippen LogP contribution in [0.2, 0.25) is 0 Å². The first kappa shape index (κ1) is 15.8. The van der Waals surface area contributed by atoms with Crippen LogP contribution in [0.5, 0.6) is 11.5 Å². The zero-order valence-electron chi connectivity index (χ0n) is 11.0. The van der Waals surface area contributed by atoms with Gasteiger partial charge >= 0.3 is 5.97 Å². The topological polar surface area (TPSA) is 105 Å². The van der Waals surface area contributed by atoms with Gasteiger partial charge in [-0.1, -0.05) is 12.1 Å². The van der Waals surface area contributed by atoms with Gasteiger partial charge in [0, 0.05) is 0 Å². The van der Waals surface area contributed by atoms with E-state index in [1.165, 1.54) is 0 Å². The van der Waals surface area contributed by atoms with Crippen LogP contribution >= 0.6 is 0 Å². The summed E-state index contributed by atoms with van der Waals surface area (Å²) in [6.07, 6.45) is 0. The quantitative estimate of drug-likeness (QED) is 0.621. The Morgan fingerprint density at radius 1 is 1.25 bits per heavy atom. The van der Waals surface area contributed by atoms with E-state index in [0.29, 0.717) is 18.1 Å². The van der Waals surface area contributed by atoms with E-state index in [-0.39, 0.29) is 6.61 Å². The molecule has 0 saturated carbocycles. The van der Waals surface area contributed by atoms with Crippen molar-refractivity contribution in [2.75, 3.05) is 19.8 Å². The predicted molar refractivity (Wildman–Crippen MR) is 69.8 cm³/mol. The molecule has 0 unspecified atom stereocenters. The van der Waals surface area contributed by atoms with Crippen LogP contribution in [0.25, 0.3) is 0 Å². The van der Waals surface area contributed by atoms with Crippen LogP contribution in [0.4, 0.5) is 0 Å². The maximum atomic E-state index is 11.5. The molecule has 20 heavy (non-hydrogen) atoms. The van der Waals surface area contributed by atoms with Gasteiger partial charge < -0.3 is 25.0 Å². The van der Waals surface area contributed by atoms with Crippen LogP contribution in [0.3, 0.4) is 0 Å². The molecular weight excluding hydrogens is 266 g/mol. The number of rotatable bonds is 8. The molecule has 7 heteroatoms. The van der Waals surface area contributed by atoms with Gasteiger partial charge in [-0.25, -0.2) is 4.79 Å². The highest BCUT2D eigenvalue weighted by Gasteiger charge is 2.19. The number of aliphatic hydroxyl groups is 1. The lowest BCUT2D eigenvalue weighted by Gasteiger charge is -2.14. The number of nitrogens with one attached hydrogen (secondary N) is 1. The lowest BCUT2D eigenvalue weighted by Crippen LogP contribution is -2.45. The van der Waals surface area contributed by atoms with Crippen molar-refractivity contribution < 1.29 is 29.3 Å². The highest BCUT2D eigenvalue weighted by molar-refractivity contribution is 5.84. The molecule has 0 fully saturated rings. The van der Waals surface area contributed by atoms with Gasteiger partial charge in [0.05, 0.1) is 13.2 Å². The second-order valence-electron chi connectivity index (χ2n) is 3.81. The van der Waals surface area contributed by atoms with Crippen LogP contribution in [-0.2, 0) is 9.59 Å². The van der Waals surface area contributed by atoms with Crippen molar-refractivity contribution in [1.29, 1.82) is 0 Å². The summed E-state index contributed by atoms with van der Waals surface area (Å²) >= 11 is 0. The minimum absolute atomic E-state index is 0.367. The lowest BCUT2D eigenvalue weighted by molar-refractivity contribution is -0.143. The third-order valence-electron chi connectivity index (χ3n) is 2.32. The van der Waals surface area contributed by atoms with E-state index >= 15 is 0 Å². The van der Waals surface area contributed by atoms with Crippen LogP contribution in [0.1, 0.15) is 6.92 Å². The largest absolute Gasteiger partial charge is 0.490 e. The summed E-state index contributed by atoms with van der Waals surface area (Å²) in [6.45, 7) is 1.23. The molecule has 1 rings (SSSR count). The van der Waals surface area contributed by atoms with Crippen molar-refractivity contribution in [2.45, 2.75) is 13.0 Å². The number of carboxylic acids is 1. The Bertz CT molecular complexity index is 462. The molecule has 0 aliphatic rings. The summed E-state index contributed by atoms with van der Waals surface area (Å²) in [5.41, 5.74) is 0. The van der Waals surface area contributed by atoms with Gasteiger partial charge in [-0.2, -0.15) is 0 Å². The summed E-state index contributed by atoms with van der Waals surface area (Å²) in [5, 5.41) is 19.6. The molecule has 110 valence electrons. The summed E-state index contributed by atoms with van der Waals surface area (Å²) in [4.78, 5) is 22.2. The van der Waals surface area contributed by atoms with Gasteiger partial charge in [-0.3, -0.25) is 4.79 Å². The minimum Gasteiger partial charge on any atom is -0.490 e. The Hall–Kier alpha value is -2.28. The number of carboxylic acid groups (broad SMARTS) is 1. The van der Waals surface area contributed by atoms with Gasteiger partial charge in [-0.05, 0) is 19.1 Å². The molecule has 0 spiro atoms. The Morgan fingerprint density at radius 3 is 2.35 bits per heavy atom. The number of carbonyl (C=O) groups excluding carboxylic acids is 1. The van der Waals surface area contributed by atoms with Gasteiger partial charge in [-0.15, -0.1) is 0 Å². The van der Waals surface area contributed by atoms with Gasteiger partial charge in [0.25, 0.3) is 5.91 Å². The van der Waals surface area contributed by atoms with E-state index in [1.54, 1.807) is 24.3 Å². The summed E-state index contributed by atoms with van der Waals surface area (Å²) in [5.74, 6) is -1.06. The molecule has 1 aromatic carbocycles. The fraction of sp³-hybridized carbons (Fsp3) is 0.385. The smallest absolute Gasteiger partial charge is 0.328 e. The van der Waals surface area contributed by atoms with Crippen LogP contribution in [0.15, 0.2) is 24.3 Å². The first-order valence-corrected chi connectivity index (χ1v) is 6.06. The van der Waals surface area contributed by atoms with Crippen LogP contribution in [0, 0.1) is 0 Å². The fourth-order valence-corrected chi connectivity index (χ4v) is 1.41. The Labute approximate surface area is 116 Å². The molecule has 0 saturated heterocycles. The first-order valence-electron chi connectivity index (χ1n) is 6.06. The lowest BCUT2D eigenvalue weighted by atomic mass is 10.3. The molecule has 0 aliphatic heterocycles. The van der Waals surface area contributed by atoms with E-state index in [9.17, 15) is 9.59 Å². The molecule has 1 atom stereocenters. The van der Waals surface area contributed by atoms with Gasteiger partial charge in [0.15, 0.2) is 18.1 Å². The number of benzene rings is 1. The fourth-order valence-electron chi connectivity index (χ4n) is 1.41. The molecule has 0 heterocycles. The molecular formula is C13H17NO6. The average Bonchev–Trinajstić information content (AvgIpc) is 2.43. The monoisotopic (exact) mass is 283 g/mol. The number of ether oxygens (including phenoxy) is 2. The van der Waals surface area contributed by atoms with Crippen LogP contribution < -0.4 is 14.8 Å². The van der Waals surface area contributed by atoms with Crippen molar-refractivity contribution in [3.8, 4) is 11.5 Å². The van der Waals surface area contributed by atoms with Gasteiger partial charge in [0.2, 0.25) is 0 Å². The zero-order chi connectivity index (χ0) is 15.0. The van der Waals surface area contributed by atoms with Crippen molar-refractivity contribution in [2.24, 2.45) is 0 Å². The SMILES string of the molecule is CCOc1ccccc1OCC(=O)N[C@H](CO)C(=O)O. The summed E-state index contributed by atoms with van der Waals surface area (Å²) in [6, 6.07) is 5.49. The van der Waals surface area contributed by atoms with Crippen molar-refractivity contribution in [1.82, 2.24) is 5.32 Å². The number of carbonyl (C=O) groups is 2. The maximum Gasteiger partial charge on any atom is 0.328 e. The van der Waals surface area contributed by atoms with Gasteiger partial charge in [0.1, 0.15) is 6.04 Å². The number of aliphatic hydroxyl groups excluding tert-OH is 1. The molecule has 1 aromatic rings. The summed E-state index contributed by atoms with van der Waals surface area (Å²) in [7, 11) is 0. The Morgan fingerprint density at radius 2 is 1.85 bits per heavy atom. The second-order valence-corrected chi connectivity index (χ2v) is 3.81. The minimum atomic E-state index is -1.34. The third-order valence-corrected chi connectivity index (χ3v) is 2.32. The average molecular weight is 283 g/mol. The van der Waals surface area contributed by atoms with E-state index in [4.69, 9.17) is 19.7 Å². The normalized spacial score (nSPS) is 11.5. The highest BCUT2D eigenvalue weighted by atomic mass is 16.5. The predicted octanol–water partition coefficient (Wildman–Crippen LogP) is 0.0258. The van der Waals surface area contributed by atoms with E-state index in [2.05, 4.69) is 5.32 Å². The Kier molecular flexibility index (Phi) is 6.31. The number of hydrogen-bond donors (Lipinski definition) is 3. The van der Waals surface area contributed by atoms with E-state index < -0.39 is 24.5 Å². The molecule has 7 nitrogen and oxygen atoms in total. The number of para-hydroxylation sites is 2. The third kappa shape index (κ3) is 4.77. The summed E-state index contributed by atoms with van der Waals surface area (Å²) < 4.78 is 10.6. The van der Waals surface area contributed by atoms with Crippen LogP contribution in [-0.4, -0.2) is 48.0 Å². The van der Waals surface area contributed by atoms with Crippen molar-refractivity contribution >= 4 is 11.9 Å². The number of aliphatic carboxylic acids is 1. The van der Waals surface area contributed by atoms with Crippen molar-refractivity contribution in [3.05, 3.63) is 24.3 Å². The molecule has 0 bridgehead atoms. The first-order chi connectivity index (χ1) is 9.58. The number of hydrogen-bond acceptors (Lipinski definition) is 5. The molecule has 0 radical (unpaired) electrons. The molecule has 1 amide bonds. The highest BCUT2D eigenvalue weighted by Crippen LogP contribution is 2.26. The van der Waals surface area contributed by atoms with E-state index in [1.807, 2.05) is 6.92 Å².